The maximum absolute atomic E-state index is 12.8. The van der Waals surface area contributed by atoms with E-state index in [2.05, 4.69) is 15.1 Å². The van der Waals surface area contributed by atoms with Gasteiger partial charge in [0.25, 0.3) is 5.96 Å². The highest BCUT2D eigenvalue weighted by Gasteiger charge is 2.26. The Morgan fingerprint density at radius 2 is 2.07 bits per heavy atom. The highest BCUT2D eigenvalue weighted by atomic mass is 32.2. The molecular formula is C17H21N5O6S. The largest absolute Gasteiger partial charge is 0.480 e. The van der Waals surface area contributed by atoms with E-state index in [0.717, 1.165) is 10.9 Å². The molecule has 0 amide bonds. The maximum atomic E-state index is 12.8. The monoisotopic (exact) mass is 423 g/mol. The molecule has 2 aromatic rings. The van der Waals surface area contributed by atoms with Gasteiger partial charge in [0.2, 0.25) is 10.0 Å². The van der Waals surface area contributed by atoms with Gasteiger partial charge in [-0.25, -0.2) is 18.5 Å². The number of carbonyl (C=O) groups is 1. The number of aryl methyl sites for hydroxylation is 1. The van der Waals surface area contributed by atoms with Crippen LogP contribution in [0.4, 0.5) is 0 Å². The number of hydrogen-bond donors (Lipinski definition) is 4. The molecule has 0 aromatic heterocycles. The smallest absolute Gasteiger partial charge is 0.321 e. The van der Waals surface area contributed by atoms with Gasteiger partial charge in [-0.1, -0.05) is 35.9 Å². The highest BCUT2D eigenvalue weighted by molar-refractivity contribution is 7.89. The van der Waals surface area contributed by atoms with Gasteiger partial charge in [-0.3, -0.25) is 4.79 Å². The van der Waals surface area contributed by atoms with Gasteiger partial charge in [-0.05, 0) is 31.2 Å². The van der Waals surface area contributed by atoms with E-state index >= 15 is 0 Å². The molecule has 2 rings (SSSR count). The third-order valence-electron chi connectivity index (χ3n) is 4.05. The third kappa shape index (κ3) is 6.12. The summed E-state index contributed by atoms with van der Waals surface area (Å²) in [6, 6.07) is 8.69. The minimum absolute atomic E-state index is 0.0123. The number of fused-ring (bicyclic) bond motifs is 1. The molecule has 29 heavy (non-hydrogen) atoms. The molecule has 0 bridgehead atoms. The zero-order chi connectivity index (χ0) is 21.6. The number of guanidine groups is 1. The van der Waals surface area contributed by atoms with Crippen LogP contribution < -0.4 is 15.8 Å². The van der Waals surface area contributed by atoms with Crippen LogP contribution in [0.15, 0.2) is 46.4 Å². The number of sulfonamides is 1. The molecule has 0 unspecified atom stereocenters. The summed E-state index contributed by atoms with van der Waals surface area (Å²) in [5.74, 6) is -1.76. The van der Waals surface area contributed by atoms with Gasteiger partial charge in [0.1, 0.15) is 11.1 Å². The molecule has 12 heteroatoms. The molecule has 0 spiro atoms. The van der Waals surface area contributed by atoms with E-state index in [4.69, 9.17) is 5.73 Å². The second-order valence-corrected chi connectivity index (χ2v) is 7.97. The number of nitrogens with two attached hydrogens (primary N) is 1. The molecule has 0 aliphatic carbocycles. The first-order chi connectivity index (χ1) is 13.6. The first-order valence-corrected chi connectivity index (χ1v) is 10.1. The molecule has 11 nitrogen and oxygen atoms in total. The summed E-state index contributed by atoms with van der Waals surface area (Å²) in [5.41, 5.74) is 6.23. The van der Waals surface area contributed by atoms with Crippen LogP contribution in [-0.4, -0.2) is 43.1 Å². The minimum Gasteiger partial charge on any atom is -0.480 e. The fourth-order valence-electron chi connectivity index (χ4n) is 2.74. The summed E-state index contributed by atoms with van der Waals surface area (Å²) in [6.07, 6.45) is 0.124. The number of hydrogen-bond acceptors (Lipinski definition) is 5. The Hall–Kier alpha value is -3.25. The average Bonchev–Trinajstić information content (AvgIpc) is 2.62. The number of nitrogens with one attached hydrogen (secondary N) is 2. The van der Waals surface area contributed by atoms with Crippen LogP contribution in [-0.2, 0) is 14.8 Å². The van der Waals surface area contributed by atoms with E-state index in [9.17, 15) is 28.4 Å². The average molecular weight is 423 g/mol. The van der Waals surface area contributed by atoms with E-state index in [1.165, 1.54) is 6.07 Å². The molecular weight excluding hydrogens is 402 g/mol. The maximum Gasteiger partial charge on any atom is 0.321 e. The zero-order valence-electron chi connectivity index (χ0n) is 15.5. The number of benzene rings is 2. The SMILES string of the molecule is Cc1ccc2c(S(=O)(=O)N[C@@H](CCCN/C(N)=N\[N+](=O)[O-])C(=O)O)cccc2c1. The molecule has 0 aliphatic heterocycles. The van der Waals surface area contributed by atoms with Crippen molar-refractivity contribution in [1.82, 2.24) is 10.0 Å². The van der Waals surface area contributed by atoms with E-state index in [0.29, 0.717) is 5.39 Å². The number of carboxylic acids is 1. The van der Waals surface area contributed by atoms with Gasteiger partial charge in [0, 0.05) is 11.9 Å². The Morgan fingerprint density at radius 1 is 1.34 bits per heavy atom. The van der Waals surface area contributed by atoms with Crippen molar-refractivity contribution in [3.63, 3.8) is 0 Å². The number of aliphatic carboxylic acids is 1. The molecule has 0 saturated heterocycles. The highest BCUT2D eigenvalue weighted by Crippen LogP contribution is 2.24. The van der Waals surface area contributed by atoms with Gasteiger partial charge >= 0.3 is 5.97 Å². The predicted molar refractivity (Wildman–Crippen MR) is 106 cm³/mol. The number of nitrogens with zero attached hydrogens (tertiary/aromatic N) is 2. The van der Waals surface area contributed by atoms with Crippen molar-refractivity contribution >= 4 is 32.7 Å². The summed E-state index contributed by atoms with van der Waals surface area (Å²) in [5, 5.41) is 25.1. The van der Waals surface area contributed by atoms with Gasteiger partial charge in [-0.2, -0.15) is 4.72 Å². The van der Waals surface area contributed by atoms with Gasteiger partial charge < -0.3 is 16.2 Å². The normalized spacial score (nSPS) is 13.2. The lowest BCUT2D eigenvalue weighted by molar-refractivity contribution is -0.485. The zero-order valence-corrected chi connectivity index (χ0v) is 16.3. The van der Waals surface area contributed by atoms with Gasteiger partial charge in [-0.15, -0.1) is 0 Å². The summed E-state index contributed by atoms with van der Waals surface area (Å²) in [4.78, 5) is 21.7. The van der Waals surface area contributed by atoms with Crippen LogP contribution in [0.25, 0.3) is 10.8 Å². The minimum atomic E-state index is -4.10. The summed E-state index contributed by atoms with van der Waals surface area (Å²) >= 11 is 0. The Morgan fingerprint density at radius 3 is 2.72 bits per heavy atom. The van der Waals surface area contributed by atoms with E-state index in [1.54, 1.807) is 24.3 Å². The van der Waals surface area contributed by atoms with E-state index in [1.807, 2.05) is 13.0 Å². The Kier molecular flexibility index (Phi) is 7.07. The van der Waals surface area contributed by atoms with Crippen molar-refractivity contribution in [1.29, 1.82) is 0 Å². The molecule has 5 N–H and O–H groups in total. The second-order valence-electron chi connectivity index (χ2n) is 6.28. The van der Waals surface area contributed by atoms with Gasteiger partial charge in [0.15, 0.2) is 5.03 Å². The Balaban J connectivity index is 2.12. The van der Waals surface area contributed by atoms with E-state index in [-0.39, 0.29) is 24.3 Å². The summed E-state index contributed by atoms with van der Waals surface area (Å²) < 4.78 is 27.8. The molecule has 2 aromatic carbocycles. The lowest BCUT2D eigenvalue weighted by Crippen LogP contribution is -2.41. The lowest BCUT2D eigenvalue weighted by atomic mass is 10.1. The van der Waals surface area contributed by atoms with Crippen molar-refractivity contribution in [3.05, 3.63) is 52.1 Å². The van der Waals surface area contributed by atoms with Crippen molar-refractivity contribution in [2.75, 3.05) is 6.54 Å². The van der Waals surface area contributed by atoms with Crippen molar-refractivity contribution in [2.24, 2.45) is 10.8 Å². The van der Waals surface area contributed by atoms with Crippen LogP contribution in [0.3, 0.4) is 0 Å². The summed E-state index contributed by atoms with van der Waals surface area (Å²) in [7, 11) is -4.10. The lowest BCUT2D eigenvalue weighted by Gasteiger charge is -2.16. The number of nitro groups is 1. The number of hydrazone groups is 1. The molecule has 0 saturated carbocycles. The number of rotatable bonds is 9. The first-order valence-electron chi connectivity index (χ1n) is 8.57. The molecule has 0 fully saturated rings. The predicted octanol–water partition coefficient (Wildman–Crippen LogP) is 0.756. The van der Waals surface area contributed by atoms with Crippen LogP contribution in [0.1, 0.15) is 18.4 Å². The van der Waals surface area contributed by atoms with Crippen molar-refractivity contribution in [2.45, 2.75) is 30.7 Å². The quantitative estimate of drug-likeness (QED) is 0.150. The van der Waals surface area contributed by atoms with Crippen molar-refractivity contribution in [3.8, 4) is 0 Å². The van der Waals surface area contributed by atoms with Gasteiger partial charge in [0.05, 0.1) is 4.90 Å². The Labute approximate surface area is 166 Å². The fourth-order valence-corrected chi connectivity index (χ4v) is 4.19. The molecule has 0 heterocycles. The van der Waals surface area contributed by atoms with Crippen molar-refractivity contribution < 1.29 is 23.4 Å². The molecule has 0 aliphatic rings. The van der Waals surface area contributed by atoms with Crippen LogP contribution in [0.5, 0.6) is 0 Å². The molecule has 1 atom stereocenters. The topological polar surface area (TPSA) is 177 Å². The van der Waals surface area contributed by atoms with Crippen LogP contribution in [0.2, 0.25) is 0 Å². The second kappa shape index (κ2) is 9.30. The first kappa shape index (κ1) is 22.0. The van der Waals surface area contributed by atoms with E-state index < -0.39 is 33.0 Å². The third-order valence-corrected chi connectivity index (χ3v) is 5.58. The molecule has 0 radical (unpaired) electrons. The van der Waals surface area contributed by atoms with Crippen LogP contribution >= 0.6 is 0 Å². The Bertz CT molecular complexity index is 1050. The summed E-state index contributed by atoms with van der Waals surface area (Å²) in [6.45, 7) is 1.97. The standard InChI is InChI=1S/C17H21N5O6S/c1-11-7-8-13-12(10-11)4-2-6-15(13)29(27,28)21-14(16(23)24)5-3-9-19-17(18)20-22(25)26/h2,4,6-8,10,14,21H,3,5,9H2,1H3,(H,23,24)(H3,18,19,20)/t14-/m0/s1. The number of carboxylic acid groups (broad SMARTS) is 1. The van der Waals surface area contributed by atoms with Crippen LogP contribution in [0, 0.1) is 17.0 Å². The fraction of sp³-hybridized carbons (Fsp3) is 0.294. The molecule has 156 valence electrons.